The molecule has 0 saturated carbocycles. The summed E-state index contributed by atoms with van der Waals surface area (Å²) in [6.45, 7) is 0.438. The third kappa shape index (κ3) is 3.56. The lowest BCUT2D eigenvalue weighted by atomic mass is 10.0. The molecule has 150 valence electrons. The summed E-state index contributed by atoms with van der Waals surface area (Å²) < 4.78 is 30.3. The summed E-state index contributed by atoms with van der Waals surface area (Å²) in [5.74, 6) is -0.0412. The Labute approximate surface area is 169 Å². The van der Waals surface area contributed by atoms with Crippen molar-refractivity contribution in [2.75, 3.05) is 11.9 Å². The van der Waals surface area contributed by atoms with E-state index in [1.54, 1.807) is 40.4 Å². The van der Waals surface area contributed by atoms with Crippen molar-refractivity contribution >= 4 is 33.2 Å². The van der Waals surface area contributed by atoms with Crippen LogP contribution in [-0.4, -0.2) is 35.0 Å². The van der Waals surface area contributed by atoms with Gasteiger partial charge in [-0.2, -0.15) is 9.40 Å². The maximum Gasteiger partial charge on any atom is 0.243 e. The summed E-state index contributed by atoms with van der Waals surface area (Å²) in [5.41, 5.74) is 2.15. The van der Waals surface area contributed by atoms with Crippen LogP contribution in [0.1, 0.15) is 49.4 Å². The number of benzene rings is 1. The maximum absolute atomic E-state index is 13.6. The number of carbonyl (C=O) groups is 1. The van der Waals surface area contributed by atoms with Gasteiger partial charge in [0.05, 0.1) is 21.7 Å². The van der Waals surface area contributed by atoms with Crippen LogP contribution in [0.25, 0.3) is 0 Å². The van der Waals surface area contributed by atoms with Crippen LogP contribution in [-0.2, 0) is 28.3 Å². The van der Waals surface area contributed by atoms with Gasteiger partial charge < -0.3 is 5.32 Å². The van der Waals surface area contributed by atoms with Crippen LogP contribution in [0.3, 0.4) is 0 Å². The van der Waals surface area contributed by atoms with E-state index in [1.807, 2.05) is 0 Å². The van der Waals surface area contributed by atoms with Gasteiger partial charge in [0.25, 0.3) is 0 Å². The van der Waals surface area contributed by atoms with Gasteiger partial charge in [-0.05, 0) is 43.0 Å². The number of aryl methyl sites for hydroxylation is 2. The highest BCUT2D eigenvalue weighted by Gasteiger charge is 2.36. The van der Waals surface area contributed by atoms with E-state index in [-0.39, 0.29) is 16.8 Å². The lowest BCUT2D eigenvalue weighted by molar-refractivity contribution is -0.116. The Morgan fingerprint density at radius 1 is 1.21 bits per heavy atom. The zero-order chi connectivity index (χ0) is 19.9. The molecule has 28 heavy (non-hydrogen) atoms. The minimum atomic E-state index is -3.72. The van der Waals surface area contributed by atoms with Crippen LogP contribution in [0.15, 0.2) is 29.3 Å². The Morgan fingerprint density at radius 2 is 2.04 bits per heavy atom. The quantitative estimate of drug-likeness (QED) is 0.822. The van der Waals surface area contributed by atoms with Gasteiger partial charge in [0.2, 0.25) is 15.9 Å². The van der Waals surface area contributed by atoms with Crippen molar-refractivity contribution < 1.29 is 13.2 Å². The van der Waals surface area contributed by atoms with Gasteiger partial charge in [0.1, 0.15) is 0 Å². The van der Waals surface area contributed by atoms with Gasteiger partial charge in [-0.15, -0.1) is 0 Å². The Hall–Kier alpha value is -1.90. The predicted octanol–water partition coefficient (Wildman–Crippen LogP) is 3.26. The smallest absolute Gasteiger partial charge is 0.243 e. The highest BCUT2D eigenvalue weighted by Crippen LogP contribution is 2.37. The molecule has 0 spiro atoms. The van der Waals surface area contributed by atoms with Crippen LogP contribution in [0.5, 0.6) is 0 Å². The lowest BCUT2D eigenvalue weighted by Gasteiger charge is -2.29. The molecular weight excluding hydrogens is 400 g/mol. The summed E-state index contributed by atoms with van der Waals surface area (Å²) in [5, 5.41) is 7.73. The number of anilines is 1. The van der Waals surface area contributed by atoms with Gasteiger partial charge in [0.15, 0.2) is 0 Å². The molecule has 4 rings (SSSR count). The molecule has 0 bridgehead atoms. The number of nitrogens with zero attached hydrogens (tertiary/aromatic N) is 3. The van der Waals surface area contributed by atoms with Gasteiger partial charge >= 0.3 is 0 Å². The fraction of sp³-hybridized carbons (Fsp3) is 0.474. The number of aromatic nitrogens is 2. The second-order valence-corrected chi connectivity index (χ2v) is 9.68. The number of nitrogens with one attached hydrogen (secondary N) is 1. The third-order valence-electron chi connectivity index (χ3n) is 5.41. The van der Waals surface area contributed by atoms with E-state index in [4.69, 9.17) is 11.6 Å². The summed E-state index contributed by atoms with van der Waals surface area (Å²) >= 11 is 6.36. The maximum atomic E-state index is 13.6. The molecule has 1 aromatic heterocycles. The molecule has 1 unspecified atom stereocenters. The van der Waals surface area contributed by atoms with Gasteiger partial charge in [-0.25, -0.2) is 8.42 Å². The molecule has 9 heteroatoms. The lowest BCUT2D eigenvalue weighted by Crippen LogP contribution is -2.35. The first-order valence-corrected chi connectivity index (χ1v) is 11.3. The minimum absolute atomic E-state index is 0.0412. The highest BCUT2D eigenvalue weighted by molar-refractivity contribution is 7.89. The average molecular weight is 423 g/mol. The normalized spacial score (nSPS) is 21.1. The summed E-state index contributed by atoms with van der Waals surface area (Å²) in [7, 11) is -1.94. The van der Waals surface area contributed by atoms with Crippen molar-refractivity contribution in [1.82, 2.24) is 14.1 Å². The number of hydrogen-bond acceptors (Lipinski definition) is 4. The predicted molar refractivity (Wildman–Crippen MR) is 107 cm³/mol. The molecule has 2 aliphatic heterocycles. The number of rotatable bonds is 3. The van der Waals surface area contributed by atoms with Crippen LogP contribution in [0, 0.1) is 0 Å². The number of fused-ring (bicyclic) bond motifs is 1. The number of carbonyl (C=O) groups excluding carboxylic acids is 1. The fourth-order valence-electron chi connectivity index (χ4n) is 4.00. The van der Waals surface area contributed by atoms with E-state index < -0.39 is 10.0 Å². The zero-order valence-corrected chi connectivity index (χ0v) is 17.3. The Balaban J connectivity index is 1.73. The second-order valence-electron chi connectivity index (χ2n) is 7.38. The van der Waals surface area contributed by atoms with E-state index in [9.17, 15) is 13.2 Å². The Kier molecular flexibility index (Phi) is 5.20. The molecular formula is C19H23ClN4O3S. The van der Waals surface area contributed by atoms with Gasteiger partial charge in [-0.3, -0.25) is 9.48 Å². The van der Waals surface area contributed by atoms with E-state index in [0.29, 0.717) is 42.2 Å². The molecule has 2 aromatic rings. The van der Waals surface area contributed by atoms with E-state index in [2.05, 4.69) is 10.4 Å². The molecule has 1 amide bonds. The first kappa shape index (κ1) is 19.4. The molecule has 1 aromatic carbocycles. The standard InChI is InChI=1S/C19H23ClN4O3S/c1-23-12-15(20)19(22-23)17-5-3-2-4-10-24(17)28(26,27)14-7-8-16-13(11-14)6-9-18(25)21-16/h7-8,11-12,17H,2-6,9-10H2,1H3,(H,21,25). The van der Waals surface area contributed by atoms with E-state index in [0.717, 1.165) is 24.8 Å². The molecule has 1 atom stereocenters. The van der Waals surface area contributed by atoms with Crippen molar-refractivity contribution in [2.45, 2.75) is 49.5 Å². The number of sulfonamides is 1. The van der Waals surface area contributed by atoms with E-state index >= 15 is 0 Å². The van der Waals surface area contributed by atoms with Crippen molar-refractivity contribution in [2.24, 2.45) is 7.05 Å². The highest BCUT2D eigenvalue weighted by atomic mass is 35.5. The van der Waals surface area contributed by atoms with Gasteiger partial charge in [0, 0.05) is 31.9 Å². The van der Waals surface area contributed by atoms with Crippen LogP contribution < -0.4 is 5.32 Å². The molecule has 2 aliphatic rings. The number of hydrogen-bond donors (Lipinski definition) is 1. The molecule has 1 N–H and O–H groups in total. The average Bonchev–Trinajstić information content (AvgIpc) is 2.85. The van der Waals surface area contributed by atoms with Crippen LogP contribution in [0.2, 0.25) is 5.02 Å². The SMILES string of the molecule is Cn1cc(Cl)c(C2CCCCCN2S(=O)(=O)c2ccc3c(c2)CCC(=O)N3)n1. The topological polar surface area (TPSA) is 84.3 Å². The van der Waals surface area contributed by atoms with Crippen LogP contribution >= 0.6 is 11.6 Å². The van der Waals surface area contributed by atoms with Gasteiger partial charge in [-0.1, -0.05) is 24.4 Å². The molecule has 1 saturated heterocycles. The van der Waals surface area contributed by atoms with Crippen molar-refractivity contribution in [1.29, 1.82) is 0 Å². The summed E-state index contributed by atoms with van der Waals surface area (Å²) in [6.07, 6.45) is 6.02. The van der Waals surface area contributed by atoms with Crippen LogP contribution in [0.4, 0.5) is 5.69 Å². The first-order valence-electron chi connectivity index (χ1n) is 9.50. The molecule has 1 fully saturated rings. The first-order chi connectivity index (χ1) is 13.4. The fourth-order valence-corrected chi connectivity index (χ4v) is 6.02. The molecule has 7 nitrogen and oxygen atoms in total. The van der Waals surface area contributed by atoms with Crippen molar-refractivity contribution in [3.63, 3.8) is 0 Å². The van der Waals surface area contributed by atoms with E-state index in [1.165, 1.54) is 0 Å². The Bertz CT molecular complexity index is 1020. The molecule has 3 heterocycles. The zero-order valence-electron chi connectivity index (χ0n) is 15.7. The Morgan fingerprint density at radius 3 is 2.79 bits per heavy atom. The number of halogens is 1. The summed E-state index contributed by atoms with van der Waals surface area (Å²) in [6, 6.07) is 4.56. The molecule has 0 aliphatic carbocycles. The monoisotopic (exact) mass is 422 g/mol. The van der Waals surface area contributed by atoms with Crippen molar-refractivity contribution in [3.05, 3.63) is 40.7 Å². The minimum Gasteiger partial charge on any atom is -0.326 e. The molecule has 0 radical (unpaired) electrons. The largest absolute Gasteiger partial charge is 0.326 e. The number of amides is 1. The summed E-state index contributed by atoms with van der Waals surface area (Å²) in [4.78, 5) is 11.8. The second kappa shape index (κ2) is 7.50. The van der Waals surface area contributed by atoms with Crippen molar-refractivity contribution in [3.8, 4) is 0 Å². The third-order valence-corrected chi connectivity index (χ3v) is 7.60.